The lowest BCUT2D eigenvalue weighted by Crippen LogP contribution is -2.26. The Morgan fingerprint density at radius 1 is 1.07 bits per heavy atom. The largest absolute Gasteiger partial charge is 0.346 e. The third-order valence-electron chi connectivity index (χ3n) is 5.51. The first-order chi connectivity index (χ1) is 14.4. The molecule has 0 fully saturated rings. The van der Waals surface area contributed by atoms with Crippen LogP contribution in [0.3, 0.4) is 0 Å². The number of benzene rings is 3. The summed E-state index contributed by atoms with van der Waals surface area (Å²) in [6, 6.07) is 19.6. The van der Waals surface area contributed by atoms with E-state index in [-0.39, 0.29) is 11.9 Å². The van der Waals surface area contributed by atoms with Crippen LogP contribution in [0, 0.1) is 13.8 Å². The van der Waals surface area contributed by atoms with Crippen molar-refractivity contribution in [3.63, 3.8) is 0 Å². The number of carbonyl (C=O) groups is 1. The number of carbonyl (C=O) groups excluding carboxylic acids is 1. The molecule has 1 amide bonds. The first kappa shape index (κ1) is 20.2. The van der Waals surface area contributed by atoms with E-state index in [0.717, 1.165) is 22.0 Å². The summed E-state index contributed by atoms with van der Waals surface area (Å²) in [5.41, 5.74) is 6.16. The molecule has 152 valence electrons. The number of aryl methyl sites for hydroxylation is 2. The summed E-state index contributed by atoms with van der Waals surface area (Å²) in [6.45, 7) is 6.77. The van der Waals surface area contributed by atoms with Crippen LogP contribution in [0.1, 0.15) is 45.6 Å². The third kappa shape index (κ3) is 4.24. The van der Waals surface area contributed by atoms with Gasteiger partial charge in [0.15, 0.2) is 0 Å². The number of hydrogen-bond donors (Lipinski definition) is 1. The van der Waals surface area contributed by atoms with Crippen molar-refractivity contribution in [1.29, 1.82) is 0 Å². The average Bonchev–Trinajstić information content (AvgIpc) is 3.12. The van der Waals surface area contributed by atoms with Crippen molar-refractivity contribution in [3.05, 3.63) is 99.7 Å². The summed E-state index contributed by atoms with van der Waals surface area (Å²) < 4.78 is 1.89. The van der Waals surface area contributed by atoms with E-state index in [0.29, 0.717) is 17.1 Å². The number of nitrogens with one attached hydrogen (secondary N) is 1. The Morgan fingerprint density at radius 3 is 2.67 bits per heavy atom. The zero-order valence-electron chi connectivity index (χ0n) is 17.3. The molecule has 0 saturated carbocycles. The molecule has 1 unspecified atom stereocenters. The molecule has 4 aromatic rings. The summed E-state index contributed by atoms with van der Waals surface area (Å²) in [5, 5.41) is 9.29. The highest BCUT2D eigenvalue weighted by Crippen LogP contribution is 2.21. The third-order valence-corrected chi connectivity index (χ3v) is 5.74. The average molecular weight is 418 g/mol. The highest BCUT2D eigenvalue weighted by atomic mass is 35.5. The second kappa shape index (κ2) is 8.33. The number of hydrogen-bond acceptors (Lipinski definition) is 2. The van der Waals surface area contributed by atoms with Crippen molar-refractivity contribution in [2.45, 2.75) is 33.4 Å². The second-order valence-electron chi connectivity index (χ2n) is 7.74. The molecular formula is C25H24ClN3O. The molecule has 0 bridgehead atoms. The SMILES string of the molecule is Cc1ccc(C(C)NC(=O)c2ccc3cnn(Cc4cccc(Cl)c4)c3c2)cc1C. The van der Waals surface area contributed by atoms with Gasteiger partial charge < -0.3 is 5.32 Å². The number of aromatic nitrogens is 2. The zero-order valence-corrected chi connectivity index (χ0v) is 18.1. The quantitative estimate of drug-likeness (QED) is 0.443. The van der Waals surface area contributed by atoms with Gasteiger partial charge in [-0.25, -0.2) is 0 Å². The van der Waals surface area contributed by atoms with Gasteiger partial charge in [-0.2, -0.15) is 5.10 Å². The molecule has 1 atom stereocenters. The first-order valence-electron chi connectivity index (χ1n) is 9.99. The maximum Gasteiger partial charge on any atom is 0.251 e. The van der Waals surface area contributed by atoms with Gasteiger partial charge in [-0.3, -0.25) is 9.48 Å². The van der Waals surface area contributed by atoms with E-state index in [9.17, 15) is 4.79 Å². The standard InChI is InChI=1S/C25H24ClN3O/c1-16-7-8-20(11-17(16)2)18(3)28-25(30)21-9-10-22-14-27-29(24(22)13-21)15-19-5-4-6-23(26)12-19/h4-14,18H,15H2,1-3H3,(H,28,30). The molecule has 0 aliphatic heterocycles. The minimum Gasteiger partial charge on any atom is -0.346 e. The number of nitrogens with zero attached hydrogens (tertiary/aromatic N) is 2. The molecule has 3 aromatic carbocycles. The topological polar surface area (TPSA) is 46.9 Å². The van der Waals surface area contributed by atoms with E-state index in [1.807, 2.05) is 60.3 Å². The van der Waals surface area contributed by atoms with Crippen LogP contribution in [0.2, 0.25) is 5.02 Å². The van der Waals surface area contributed by atoms with E-state index in [1.165, 1.54) is 11.1 Å². The van der Waals surface area contributed by atoms with E-state index < -0.39 is 0 Å². The minimum atomic E-state index is -0.0990. The maximum atomic E-state index is 12.9. The molecule has 0 saturated heterocycles. The molecule has 0 aliphatic rings. The van der Waals surface area contributed by atoms with E-state index in [1.54, 1.807) is 0 Å². The van der Waals surface area contributed by atoms with Gasteiger partial charge in [-0.05, 0) is 67.3 Å². The Balaban J connectivity index is 1.56. The molecule has 0 radical (unpaired) electrons. The van der Waals surface area contributed by atoms with Crippen LogP contribution in [0.25, 0.3) is 10.9 Å². The fourth-order valence-electron chi connectivity index (χ4n) is 3.54. The maximum absolute atomic E-state index is 12.9. The molecule has 4 nitrogen and oxygen atoms in total. The van der Waals surface area contributed by atoms with Gasteiger partial charge >= 0.3 is 0 Å². The molecule has 4 rings (SSSR count). The van der Waals surface area contributed by atoms with Crippen LogP contribution in [0.5, 0.6) is 0 Å². The second-order valence-corrected chi connectivity index (χ2v) is 8.18. The predicted molar refractivity (Wildman–Crippen MR) is 122 cm³/mol. The molecule has 0 spiro atoms. The van der Waals surface area contributed by atoms with Gasteiger partial charge in [-0.1, -0.05) is 48.0 Å². The number of fused-ring (bicyclic) bond motifs is 1. The van der Waals surface area contributed by atoms with Crippen molar-refractivity contribution in [1.82, 2.24) is 15.1 Å². The van der Waals surface area contributed by atoms with Gasteiger partial charge in [0.25, 0.3) is 5.91 Å². The zero-order chi connectivity index (χ0) is 21.3. The molecule has 5 heteroatoms. The lowest BCUT2D eigenvalue weighted by Gasteiger charge is -2.16. The molecule has 30 heavy (non-hydrogen) atoms. The van der Waals surface area contributed by atoms with E-state index in [2.05, 4.69) is 42.5 Å². The van der Waals surface area contributed by atoms with Crippen LogP contribution in [0.15, 0.2) is 66.9 Å². The minimum absolute atomic E-state index is 0.0798. The summed E-state index contributed by atoms with van der Waals surface area (Å²) in [4.78, 5) is 12.9. The molecule has 1 heterocycles. The van der Waals surface area contributed by atoms with Gasteiger partial charge in [0.2, 0.25) is 0 Å². The predicted octanol–water partition coefficient (Wildman–Crippen LogP) is 5.85. The van der Waals surface area contributed by atoms with Gasteiger partial charge in [0.05, 0.1) is 24.3 Å². The molecule has 1 aromatic heterocycles. The Kier molecular flexibility index (Phi) is 5.60. The molecular weight excluding hydrogens is 394 g/mol. The molecule has 0 aliphatic carbocycles. The van der Waals surface area contributed by atoms with Crippen LogP contribution in [0.4, 0.5) is 0 Å². The highest BCUT2D eigenvalue weighted by Gasteiger charge is 2.14. The van der Waals surface area contributed by atoms with Crippen LogP contribution < -0.4 is 5.32 Å². The number of rotatable bonds is 5. The Labute approximate surface area is 181 Å². The summed E-state index contributed by atoms with van der Waals surface area (Å²) >= 11 is 6.10. The van der Waals surface area contributed by atoms with E-state index >= 15 is 0 Å². The summed E-state index contributed by atoms with van der Waals surface area (Å²) in [6.07, 6.45) is 1.82. The number of halogens is 1. The Bertz CT molecular complexity index is 1230. The number of amides is 1. The van der Waals surface area contributed by atoms with Crippen molar-refractivity contribution < 1.29 is 4.79 Å². The monoisotopic (exact) mass is 417 g/mol. The smallest absolute Gasteiger partial charge is 0.251 e. The van der Waals surface area contributed by atoms with Gasteiger partial charge in [0.1, 0.15) is 0 Å². The fourth-order valence-corrected chi connectivity index (χ4v) is 3.76. The normalized spacial score (nSPS) is 12.1. The van der Waals surface area contributed by atoms with Gasteiger partial charge in [-0.15, -0.1) is 0 Å². The molecule has 1 N–H and O–H groups in total. The van der Waals surface area contributed by atoms with Crippen molar-refractivity contribution >= 4 is 28.4 Å². The summed E-state index contributed by atoms with van der Waals surface area (Å²) in [7, 11) is 0. The Hall–Kier alpha value is -3.11. The van der Waals surface area contributed by atoms with E-state index in [4.69, 9.17) is 11.6 Å². The van der Waals surface area contributed by atoms with Crippen molar-refractivity contribution in [2.75, 3.05) is 0 Å². The Morgan fingerprint density at radius 2 is 1.90 bits per heavy atom. The van der Waals surface area contributed by atoms with Crippen molar-refractivity contribution in [2.24, 2.45) is 0 Å². The van der Waals surface area contributed by atoms with Crippen LogP contribution in [-0.2, 0) is 6.54 Å². The first-order valence-corrected chi connectivity index (χ1v) is 10.4. The van der Waals surface area contributed by atoms with Crippen LogP contribution in [-0.4, -0.2) is 15.7 Å². The van der Waals surface area contributed by atoms with Crippen LogP contribution >= 0.6 is 11.6 Å². The summed E-state index contributed by atoms with van der Waals surface area (Å²) in [5.74, 6) is -0.0990. The lowest BCUT2D eigenvalue weighted by molar-refractivity contribution is 0.0940. The fraction of sp³-hybridized carbons (Fsp3) is 0.200. The van der Waals surface area contributed by atoms with Crippen molar-refractivity contribution in [3.8, 4) is 0 Å². The lowest BCUT2D eigenvalue weighted by atomic mass is 10.0. The van der Waals surface area contributed by atoms with Gasteiger partial charge in [0, 0.05) is 16.0 Å². The highest BCUT2D eigenvalue weighted by molar-refractivity contribution is 6.30.